The number of carbonyl (C=O) groups is 2. The smallest absolute Gasteiger partial charge is 0.306 e. The van der Waals surface area contributed by atoms with Crippen LogP contribution in [0.25, 0.3) is 0 Å². The Morgan fingerprint density at radius 2 is 2.11 bits per heavy atom. The van der Waals surface area contributed by atoms with Crippen LogP contribution in [0, 0.1) is 17.8 Å². The van der Waals surface area contributed by atoms with Crippen LogP contribution in [-0.2, 0) is 4.79 Å². The van der Waals surface area contributed by atoms with Crippen molar-refractivity contribution < 1.29 is 14.7 Å². The average Bonchev–Trinajstić information content (AvgIpc) is 3.08. The van der Waals surface area contributed by atoms with Crippen LogP contribution in [-0.4, -0.2) is 28.0 Å². The van der Waals surface area contributed by atoms with E-state index in [2.05, 4.69) is 10.3 Å². The molecule has 0 aliphatic heterocycles. The first-order chi connectivity index (χ1) is 8.66. The standard InChI is InChI=1S/C13H14N2O3/c16-12(10-3-1-2-4-14-10)15-11-6-9(13(17)18)7-5-8(7)11/h1-4,7-9,11H,5-6H2,(H,15,16)(H,17,18)/t7-,8+,9-,11+/m1/s1. The molecule has 0 spiro atoms. The Morgan fingerprint density at radius 3 is 2.72 bits per heavy atom. The highest BCUT2D eigenvalue weighted by Gasteiger charge is 2.57. The van der Waals surface area contributed by atoms with Gasteiger partial charge in [0, 0.05) is 12.2 Å². The lowest BCUT2D eigenvalue weighted by molar-refractivity contribution is -0.142. The lowest BCUT2D eigenvalue weighted by Gasteiger charge is -2.15. The normalized spacial score (nSPS) is 32.7. The third-order valence-corrected chi connectivity index (χ3v) is 3.96. The van der Waals surface area contributed by atoms with Crippen molar-refractivity contribution in [2.24, 2.45) is 17.8 Å². The second-order valence-corrected chi connectivity index (χ2v) is 5.04. The van der Waals surface area contributed by atoms with Crippen LogP contribution in [0.2, 0.25) is 0 Å². The molecule has 2 saturated carbocycles. The molecule has 1 heterocycles. The van der Waals surface area contributed by atoms with Gasteiger partial charge in [0.1, 0.15) is 5.69 Å². The number of aliphatic carboxylic acids is 1. The molecule has 3 rings (SSSR count). The van der Waals surface area contributed by atoms with Crippen molar-refractivity contribution in [1.82, 2.24) is 10.3 Å². The van der Waals surface area contributed by atoms with Gasteiger partial charge in [0.15, 0.2) is 0 Å². The van der Waals surface area contributed by atoms with Gasteiger partial charge >= 0.3 is 5.97 Å². The fourth-order valence-corrected chi connectivity index (χ4v) is 2.97. The number of hydrogen-bond acceptors (Lipinski definition) is 3. The van der Waals surface area contributed by atoms with E-state index in [1.807, 2.05) is 0 Å². The van der Waals surface area contributed by atoms with Crippen LogP contribution in [0.5, 0.6) is 0 Å². The zero-order chi connectivity index (χ0) is 12.7. The lowest BCUT2D eigenvalue weighted by atomic mass is 10.0. The molecule has 2 fully saturated rings. The number of hydrogen-bond donors (Lipinski definition) is 2. The molecule has 18 heavy (non-hydrogen) atoms. The van der Waals surface area contributed by atoms with E-state index in [4.69, 9.17) is 5.11 Å². The van der Waals surface area contributed by atoms with E-state index in [1.165, 1.54) is 0 Å². The Kier molecular flexibility index (Phi) is 2.54. The molecule has 5 nitrogen and oxygen atoms in total. The summed E-state index contributed by atoms with van der Waals surface area (Å²) in [5.74, 6) is -0.631. The summed E-state index contributed by atoms with van der Waals surface area (Å²) in [6, 6.07) is 5.16. The van der Waals surface area contributed by atoms with Crippen molar-refractivity contribution in [3.05, 3.63) is 30.1 Å². The fraction of sp³-hybridized carbons (Fsp3) is 0.462. The highest BCUT2D eigenvalue weighted by molar-refractivity contribution is 5.92. The van der Waals surface area contributed by atoms with Gasteiger partial charge in [-0.3, -0.25) is 14.6 Å². The first-order valence-corrected chi connectivity index (χ1v) is 6.11. The lowest BCUT2D eigenvalue weighted by Crippen LogP contribution is -2.36. The molecule has 1 aromatic heterocycles. The fourth-order valence-electron chi connectivity index (χ4n) is 2.97. The topological polar surface area (TPSA) is 79.3 Å². The summed E-state index contributed by atoms with van der Waals surface area (Å²) in [5, 5.41) is 12.0. The second kappa shape index (κ2) is 4.08. The molecule has 4 atom stereocenters. The number of carboxylic acids is 1. The molecule has 0 unspecified atom stereocenters. The van der Waals surface area contributed by atoms with Crippen LogP contribution in [0.4, 0.5) is 0 Å². The summed E-state index contributed by atoms with van der Waals surface area (Å²) in [4.78, 5) is 26.9. The van der Waals surface area contributed by atoms with Gasteiger partial charge in [0.25, 0.3) is 5.91 Å². The van der Waals surface area contributed by atoms with Crippen LogP contribution < -0.4 is 5.32 Å². The number of aromatic nitrogens is 1. The van der Waals surface area contributed by atoms with Crippen molar-refractivity contribution in [3.8, 4) is 0 Å². The predicted molar refractivity (Wildman–Crippen MR) is 62.8 cm³/mol. The average molecular weight is 246 g/mol. The summed E-state index contributed by atoms with van der Waals surface area (Å²) in [6.45, 7) is 0. The maximum Gasteiger partial charge on any atom is 0.306 e. The largest absolute Gasteiger partial charge is 0.481 e. The summed E-state index contributed by atoms with van der Waals surface area (Å²) in [7, 11) is 0. The van der Waals surface area contributed by atoms with Gasteiger partial charge in [-0.1, -0.05) is 6.07 Å². The van der Waals surface area contributed by atoms with Crippen molar-refractivity contribution in [2.45, 2.75) is 18.9 Å². The molecule has 0 radical (unpaired) electrons. The van der Waals surface area contributed by atoms with Gasteiger partial charge in [0.05, 0.1) is 5.92 Å². The second-order valence-electron chi connectivity index (χ2n) is 5.04. The van der Waals surface area contributed by atoms with Gasteiger partial charge in [-0.2, -0.15) is 0 Å². The highest BCUT2D eigenvalue weighted by Crippen LogP contribution is 2.55. The third kappa shape index (κ3) is 1.85. The zero-order valence-corrected chi connectivity index (χ0v) is 9.74. The number of rotatable bonds is 3. The number of nitrogens with one attached hydrogen (secondary N) is 1. The van der Waals surface area contributed by atoms with E-state index in [0.29, 0.717) is 18.0 Å². The maximum atomic E-state index is 11.9. The maximum absolute atomic E-state index is 11.9. The highest BCUT2D eigenvalue weighted by atomic mass is 16.4. The Bertz CT molecular complexity index is 488. The van der Waals surface area contributed by atoms with Crippen LogP contribution in [0.3, 0.4) is 0 Å². The van der Waals surface area contributed by atoms with Crippen molar-refractivity contribution in [2.75, 3.05) is 0 Å². The number of carbonyl (C=O) groups excluding carboxylic acids is 1. The third-order valence-electron chi connectivity index (χ3n) is 3.96. The molecule has 0 bridgehead atoms. The molecular weight excluding hydrogens is 232 g/mol. The van der Waals surface area contributed by atoms with Crippen LogP contribution in [0.15, 0.2) is 24.4 Å². The van der Waals surface area contributed by atoms with Gasteiger partial charge < -0.3 is 10.4 Å². The minimum atomic E-state index is -0.739. The van der Waals surface area contributed by atoms with E-state index < -0.39 is 5.97 Å². The molecule has 94 valence electrons. The van der Waals surface area contributed by atoms with Gasteiger partial charge in [-0.15, -0.1) is 0 Å². The number of pyridine rings is 1. The Morgan fingerprint density at radius 1 is 1.28 bits per heavy atom. The van der Waals surface area contributed by atoms with Crippen molar-refractivity contribution in [3.63, 3.8) is 0 Å². The minimum Gasteiger partial charge on any atom is -0.481 e. The Hall–Kier alpha value is -1.91. The number of carboxylic acid groups (broad SMARTS) is 1. The molecule has 2 N–H and O–H groups in total. The van der Waals surface area contributed by atoms with E-state index in [0.717, 1.165) is 6.42 Å². The molecule has 1 aromatic rings. The van der Waals surface area contributed by atoms with Gasteiger partial charge in [-0.25, -0.2) is 0 Å². The quantitative estimate of drug-likeness (QED) is 0.831. The zero-order valence-electron chi connectivity index (χ0n) is 9.74. The van der Waals surface area contributed by atoms with Crippen LogP contribution >= 0.6 is 0 Å². The summed E-state index contributed by atoms with van der Waals surface area (Å²) in [5.41, 5.74) is 0.383. The molecule has 0 aromatic carbocycles. The first-order valence-electron chi connectivity index (χ1n) is 6.11. The Labute approximate surface area is 104 Å². The van der Waals surface area contributed by atoms with E-state index in [9.17, 15) is 9.59 Å². The van der Waals surface area contributed by atoms with Crippen molar-refractivity contribution in [1.29, 1.82) is 0 Å². The number of nitrogens with zero attached hydrogens (tertiary/aromatic N) is 1. The molecule has 5 heteroatoms. The molecule has 1 amide bonds. The molecular formula is C13H14N2O3. The summed E-state index contributed by atoms with van der Waals surface area (Å²) in [6.07, 6.45) is 3.04. The van der Waals surface area contributed by atoms with Crippen molar-refractivity contribution >= 4 is 11.9 Å². The van der Waals surface area contributed by atoms with E-state index in [1.54, 1.807) is 24.4 Å². The summed E-state index contributed by atoms with van der Waals surface area (Å²) < 4.78 is 0. The number of amides is 1. The first kappa shape index (κ1) is 11.2. The minimum absolute atomic E-state index is 0.00870. The molecule has 2 aliphatic rings. The SMILES string of the molecule is O=C(N[C@H]1C[C@@H](C(=O)O)[C@@H]2C[C@@H]21)c1ccccn1. The van der Waals surface area contributed by atoms with Gasteiger partial charge in [0.2, 0.25) is 0 Å². The summed E-state index contributed by atoms with van der Waals surface area (Å²) >= 11 is 0. The predicted octanol–water partition coefficient (Wildman–Crippen LogP) is 0.921. The van der Waals surface area contributed by atoms with Gasteiger partial charge in [-0.05, 0) is 36.8 Å². The molecule has 2 aliphatic carbocycles. The monoisotopic (exact) mass is 246 g/mol. The van der Waals surface area contributed by atoms with E-state index in [-0.39, 0.29) is 23.8 Å². The van der Waals surface area contributed by atoms with E-state index >= 15 is 0 Å². The van der Waals surface area contributed by atoms with Crippen LogP contribution in [0.1, 0.15) is 23.3 Å². The Balaban J connectivity index is 1.65. The molecule has 0 saturated heterocycles. The number of fused-ring (bicyclic) bond motifs is 1.